The molecule has 0 saturated carbocycles. The van der Waals surface area contributed by atoms with Gasteiger partial charge in [0.2, 0.25) is 5.95 Å². The Hall–Kier alpha value is -1.85. The van der Waals surface area contributed by atoms with Gasteiger partial charge in [-0.15, -0.1) is 0 Å². The van der Waals surface area contributed by atoms with E-state index in [1.807, 2.05) is 4.57 Å². The summed E-state index contributed by atoms with van der Waals surface area (Å²) in [7, 11) is 0. The third-order valence-electron chi connectivity index (χ3n) is 2.14. The summed E-state index contributed by atoms with van der Waals surface area (Å²) in [4.78, 5) is 21.9. The minimum absolute atomic E-state index is 0.115. The molecule has 0 aromatic carbocycles. The van der Waals surface area contributed by atoms with Gasteiger partial charge in [0.1, 0.15) is 0 Å². The number of nitrogens with one attached hydrogen (secondary N) is 1. The standard InChI is InChI=1S/C9H12N5O/c1-2-3-4-14-5-11-6-7(14)12-9(10)13-8(6)15/h5H,1-4H2,(H3,10,12,13,15). The molecule has 0 spiro atoms. The molecule has 15 heavy (non-hydrogen) atoms. The number of nitrogens with two attached hydrogens (primary N) is 1. The summed E-state index contributed by atoms with van der Waals surface area (Å²) in [5, 5.41) is 0. The van der Waals surface area contributed by atoms with E-state index in [2.05, 4.69) is 21.9 Å². The SMILES string of the molecule is [CH2]CCCn1cnc2c(=O)[nH]c(N)nc21. The van der Waals surface area contributed by atoms with Gasteiger partial charge in [-0.05, 0) is 6.42 Å². The van der Waals surface area contributed by atoms with Crippen LogP contribution >= 0.6 is 0 Å². The quantitative estimate of drug-likeness (QED) is 0.756. The molecule has 0 atom stereocenters. The number of rotatable bonds is 3. The summed E-state index contributed by atoms with van der Waals surface area (Å²) in [6.45, 7) is 4.50. The van der Waals surface area contributed by atoms with Crippen molar-refractivity contribution >= 4 is 17.1 Å². The summed E-state index contributed by atoms with van der Waals surface area (Å²) in [6, 6.07) is 0. The lowest BCUT2D eigenvalue weighted by Gasteiger charge is -2.01. The van der Waals surface area contributed by atoms with Gasteiger partial charge in [-0.3, -0.25) is 9.78 Å². The number of aromatic nitrogens is 4. The highest BCUT2D eigenvalue weighted by Crippen LogP contribution is 2.07. The average molecular weight is 206 g/mol. The molecule has 0 aliphatic heterocycles. The Labute approximate surface area is 86.2 Å². The third kappa shape index (κ3) is 1.70. The number of H-pyrrole nitrogens is 1. The fourth-order valence-corrected chi connectivity index (χ4v) is 1.42. The fourth-order valence-electron chi connectivity index (χ4n) is 1.42. The molecule has 3 N–H and O–H groups in total. The van der Waals surface area contributed by atoms with Crippen LogP contribution in [0.25, 0.3) is 11.2 Å². The van der Waals surface area contributed by atoms with Gasteiger partial charge in [0, 0.05) is 6.54 Å². The largest absolute Gasteiger partial charge is 0.369 e. The van der Waals surface area contributed by atoms with Gasteiger partial charge in [0.05, 0.1) is 6.33 Å². The van der Waals surface area contributed by atoms with Gasteiger partial charge < -0.3 is 10.3 Å². The molecule has 2 rings (SSSR count). The van der Waals surface area contributed by atoms with E-state index in [-0.39, 0.29) is 11.5 Å². The van der Waals surface area contributed by atoms with Crippen molar-refractivity contribution in [2.75, 3.05) is 5.73 Å². The Morgan fingerprint density at radius 2 is 2.40 bits per heavy atom. The van der Waals surface area contributed by atoms with Crippen LogP contribution in [0.15, 0.2) is 11.1 Å². The van der Waals surface area contributed by atoms with E-state index in [1.165, 1.54) is 0 Å². The van der Waals surface area contributed by atoms with Crippen LogP contribution in [0.4, 0.5) is 5.95 Å². The first kappa shape index (κ1) is 9.70. The Balaban J connectivity index is 2.53. The summed E-state index contributed by atoms with van der Waals surface area (Å²) >= 11 is 0. The lowest BCUT2D eigenvalue weighted by Crippen LogP contribution is -2.12. The fraction of sp³-hybridized carbons (Fsp3) is 0.333. The number of fused-ring (bicyclic) bond motifs is 1. The van der Waals surface area contributed by atoms with Gasteiger partial charge >= 0.3 is 0 Å². The first-order valence-electron chi connectivity index (χ1n) is 4.72. The molecule has 0 saturated heterocycles. The van der Waals surface area contributed by atoms with Gasteiger partial charge in [-0.25, -0.2) is 4.98 Å². The lowest BCUT2D eigenvalue weighted by atomic mass is 10.3. The molecular weight excluding hydrogens is 194 g/mol. The van der Waals surface area contributed by atoms with E-state index in [4.69, 9.17) is 5.73 Å². The zero-order chi connectivity index (χ0) is 10.8. The maximum Gasteiger partial charge on any atom is 0.280 e. The number of imidazole rings is 1. The maximum atomic E-state index is 11.4. The molecule has 2 heterocycles. The first-order valence-corrected chi connectivity index (χ1v) is 4.72. The van der Waals surface area contributed by atoms with Crippen molar-refractivity contribution in [1.29, 1.82) is 0 Å². The van der Waals surface area contributed by atoms with Crippen LogP contribution in [0.5, 0.6) is 0 Å². The Kier molecular flexibility index (Phi) is 2.40. The highest BCUT2D eigenvalue weighted by Gasteiger charge is 2.08. The van der Waals surface area contributed by atoms with Gasteiger partial charge in [0.15, 0.2) is 11.2 Å². The number of unbranched alkanes of at least 4 members (excludes halogenated alkanes) is 1. The van der Waals surface area contributed by atoms with Crippen molar-refractivity contribution in [2.45, 2.75) is 19.4 Å². The number of hydrogen-bond acceptors (Lipinski definition) is 4. The van der Waals surface area contributed by atoms with Crippen LogP contribution in [0, 0.1) is 6.92 Å². The van der Waals surface area contributed by atoms with Crippen molar-refractivity contribution in [2.24, 2.45) is 0 Å². The van der Waals surface area contributed by atoms with Crippen LogP contribution in [-0.4, -0.2) is 19.5 Å². The number of nitrogens with zero attached hydrogens (tertiary/aromatic N) is 3. The second kappa shape index (κ2) is 3.72. The molecule has 6 nitrogen and oxygen atoms in total. The Bertz CT molecular complexity index is 527. The van der Waals surface area contributed by atoms with Crippen molar-refractivity contribution in [1.82, 2.24) is 19.5 Å². The van der Waals surface area contributed by atoms with E-state index in [1.54, 1.807) is 6.33 Å². The second-order valence-corrected chi connectivity index (χ2v) is 3.27. The van der Waals surface area contributed by atoms with Gasteiger partial charge in [-0.1, -0.05) is 13.3 Å². The molecule has 1 radical (unpaired) electrons. The van der Waals surface area contributed by atoms with Crippen LogP contribution in [0.2, 0.25) is 0 Å². The van der Waals surface area contributed by atoms with Gasteiger partial charge in [0.25, 0.3) is 5.56 Å². The van der Waals surface area contributed by atoms with Crippen molar-refractivity contribution in [3.05, 3.63) is 23.6 Å². The topological polar surface area (TPSA) is 89.6 Å². The van der Waals surface area contributed by atoms with Crippen molar-refractivity contribution < 1.29 is 0 Å². The third-order valence-corrected chi connectivity index (χ3v) is 2.14. The zero-order valence-corrected chi connectivity index (χ0v) is 8.23. The van der Waals surface area contributed by atoms with E-state index in [0.717, 1.165) is 19.4 Å². The van der Waals surface area contributed by atoms with E-state index < -0.39 is 0 Å². The molecule has 6 heteroatoms. The number of aryl methyl sites for hydroxylation is 1. The summed E-state index contributed by atoms with van der Waals surface area (Å²) in [5.41, 5.74) is 6.02. The molecule has 0 aliphatic rings. The molecule has 79 valence electrons. The maximum absolute atomic E-state index is 11.4. The second-order valence-electron chi connectivity index (χ2n) is 3.27. The number of aromatic amines is 1. The molecule has 2 aromatic heterocycles. The Morgan fingerprint density at radius 3 is 3.13 bits per heavy atom. The molecule has 0 aliphatic carbocycles. The van der Waals surface area contributed by atoms with Crippen LogP contribution in [0.3, 0.4) is 0 Å². The predicted molar refractivity (Wildman–Crippen MR) is 57.2 cm³/mol. The number of anilines is 1. The minimum atomic E-state index is -0.300. The highest BCUT2D eigenvalue weighted by molar-refractivity contribution is 5.70. The van der Waals surface area contributed by atoms with Crippen LogP contribution in [-0.2, 0) is 6.54 Å². The highest BCUT2D eigenvalue weighted by atomic mass is 16.1. The molecule has 0 unspecified atom stereocenters. The van der Waals surface area contributed by atoms with Crippen molar-refractivity contribution in [3.8, 4) is 0 Å². The molecule has 0 bridgehead atoms. The van der Waals surface area contributed by atoms with Gasteiger partial charge in [-0.2, -0.15) is 4.98 Å². The molecule has 0 fully saturated rings. The van der Waals surface area contributed by atoms with E-state index in [9.17, 15) is 4.79 Å². The normalized spacial score (nSPS) is 11.0. The Morgan fingerprint density at radius 1 is 1.60 bits per heavy atom. The average Bonchev–Trinajstić information content (AvgIpc) is 2.58. The smallest absolute Gasteiger partial charge is 0.280 e. The lowest BCUT2D eigenvalue weighted by molar-refractivity contribution is 0.660. The first-order chi connectivity index (χ1) is 7.22. The van der Waals surface area contributed by atoms with E-state index in [0.29, 0.717) is 11.2 Å². The molecule has 0 amide bonds. The molecule has 2 aromatic rings. The predicted octanol–water partition coefficient (Wildman–Crippen LogP) is 0.316. The summed E-state index contributed by atoms with van der Waals surface area (Å²) < 4.78 is 1.81. The van der Waals surface area contributed by atoms with Crippen LogP contribution < -0.4 is 11.3 Å². The number of hydrogen-bond donors (Lipinski definition) is 2. The summed E-state index contributed by atoms with van der Waals surface area (Å²) in [5.74, 6) is 0.115. The monoisotopic (exact) mass is 206 g/mol. The number of nitrogen functional groups attached to an aromatic ring is 1. The summed E-state index contributed by atoms with van der Waals surface area (Å²) in [6.07, 6.45) is 3.35. The van der Waals surface area contributed by atoms with Crippen LogP contribution in [0.1, 0.15) is 12.8 Å². The van der Waals surface area contributed by atoms with Crippen molar-refractivity contribution in [3.63, 3.8) is 0 Å². The molecular formula is C9H12N5O. The minimum Gasteiger partial charge on any atom is -0.369 e. The van der Waals surface area contributed by atoms with E-state index >= 15 is 0 Å². The zero-order valence-electron chi connectivity index (χ0n) is 8.23.